The van der Waals surface area contributed by atoms with Gasteiger partial charge in [0.1, 0.15) is 12.4 Å². The normalized spacial score (nSPS) is 12.0. The summed E-state index contributed by atoms with van der Waals surface area (Å²) in [5, 5.41) is 4.46. The molecule has 1 unspecified atom stereocenters. The minimum atomic E-state index is 0.336. The fourth-order valence-corrected chi connectivity index (χ4v) is 2.75. The Bertz CT molecular complexity index is 830. The molecular formula is C21H22N2O. The second-order valence-corrected chi connectivity index (χ2v) is 6.01. The highest BCUT2D eigenvalue weighted by atomic mass is 16.5. The van der Waals surface area contributed by atoms with E-state index in [2.05, 4.69) is 53.5 Å². The predicted molar refractivity (Wildman–Crippen MR) is 99.1 cm³/mol. The third kappa shape index (κ3) is 4.18. The number of hydrogen-bond acceptors (Lipinski definition) is 2. The monoisotopic (exact) mass is 318 g/mol. The highest BCUT2D eigenvalue weighted by Crippen LogP contribution is 2.23. The minimum Gasteiger partial charge on any atom is -0.489 e. The fraction of sp³-hybridized carbons (Fsp3) is 0.238. The smallest absolute Gasteiger partial charge is 0.120 e. The molecule has 2 aromatic carbocycles. The van der Waals surface area contributed by atoms with E-state index in [0.29, 0.717) is 19.2 Å². The SMILES string of the molecule is C#CCNC(C)Cc1cc2cc(OCc3ccccc3)ccc2[nH]1. The van der Waals surface area contributed by atoms with Gasteiger partial charge < -0.3 is 15.0 Å². The first-order valence-corrected chi connectivity index (χ1v) is 8.20. The Kier molecular flexibility index (Phi) is 5.20. The molecule has 24 heavy (non-hydrogen) atoms. The molecule has 0 spiro atoms. The topological polar surface area (TPSA) is 37.0 Å². The second-order valence-electron chi connectivity index (χ2n) is 6.01. The molecule has 2 N–H and O–H groups in total. The molecule has 3 rings (SSSR count). The van der Waals surface area contributed by atoms with E-state index in [4.69, 9.17) is 11.2 Å². The van der Waals surface area contributed by atoms with Crippen LogP contribution in [-0.4, -0.2) is 17.6 Å². The Morgan fingerprint density at radius 3 is 2.79 bits per heavy atom. The lowest BCUT2D eigenvalue weighted by atomic mass is 10.1. The summed E-state index contributed by atoms with van der Waals surface area (Å²) < 4.78 is 5.90. The average molecular weight is 318 g/mol. The maximum atomic E-state index is 5.90. The Morgan fingerprint density at radius 1 is 1.17 bits per heavy atom. The molecule has 3 heteroatoms. The Hall–Kier alpha value is -2.70. The number of aromatic nitrogens is 1. The summed E-state index contributed by atoms with van der Waals surface area (Å²) in [6.07, 6.45) is 6.20. The van der Waals surface area contributed by atoms with Crippen LogP contribution in [0.25, 0.3) is 10.9 Å². The summed E-state index contributed by atoms with van der Waals surface area (Å²) in [5.74, 6) is 3.49. The lowest BCUT2D eigenvalue weighted by Gasteiger charge is -2.09. The summed E-state index contributed by atoms with van der Waals surface area (Å²) in [4.78, 5) is 3.46. The molecule has 0 saturated carbocycles. The summed E-state index contributed by atoms with van der Waals surface area (Å²) >= 11 is 0. The van der Waals surface area contributed by atoms with Crippen LogP contribution in [0, 0.1) is 12.3 Å². The van der Waals surface area contributed by atoms with Gasteiger partial charge in [-0.3, -0.25) is 0 Å². The summed E-state index contributed by atoms with van der Waals surface area (Å²) in [6, 6.07) is 18.9. The third-order valence-corrected chi connectivity index (χ3v) is 3.98. The first kappa shape index (κ1) is 16.2. The number of rotatable bonds is 7. The molecule has 0 saturated heterocycles. The van der Waals surface area contributed by atoms with Crippen LogP contribution in [0.15, 0.2) is 54.6 Å². The number of fused-ring (bicyclic) bond motifs is 1. The molecule has 0 amide bonds. The minimum absolute atomic E-state index is 0.336. The predicted octanol–water partition coefficient (Wildman–Crippen LogP) is 3.90. The van der Waals surface area contributed by atoms with Crippen molar-refractivity contribution in [3.05, 3.63) is 65.9 Å². The van der Waals surface area contributed by atoms with E-state index in [9.17, 15) is 0 Å². The molecule has 0 bridgehead atoms. The van der Waals surface area contributed by atoms with Gasteiger partial charge in [-0.1, -0.05) is 36.3 Å². The van der Waals surface area contributed by atoms with Crippen LogP contribution in [0.3, 0.4) is 0 Å². The van der Waals surface area contributed by atoms with E-state index in [0.717, 1.165) is 17.7 Å². The number of benzene rings is 2. The molecule has 1 heterocycles. The van der Waals surface area contributed by atoms with Gasteiger partial charge in [-0.2, -0.15) is 0 Å². The molecule has 122 valence electrons. The van der Waals surface area contributed by atoms with Crippen molar-refractivity contribution in [2.24, 2.45) is 0 Å². The fourth-order valence-electron chi connectivity index (χ4n) is 2.75. The zero-order chi connectivity index (χ0) is 16.8. The zero-order valence-corrected chi connectivity index (χ0v) is 13.9. The number of aromatic amines is 1. The maximum Gasteiger partial charge on any atom is 0.120 e. The van der Waals surface area contributed by atoms with Crippen molar-refractivity contribution in [2.75, 3.05) is 6.54 Å². The van der Waals surface area contributed by atoms with E-state index in [-0.39, 0.29) is 0 Å². The summed E-state index contributed by atoms with van der Waals surface area (Å²) in [5.41, 5.74) is 3.49. The zero-order valence-electron chi connectivity index (χ0n) is 13.9. The average Bonchev–Trinajstić information content (AvgIpc) is 3.00. The first-order valence-electron chi connectivity index (χ1n) is 8.20. The van der Waals surface area contributed by atoms with Gasteiger partial charge in [0, 0.05) is 29.1 Å². The molecule has 0 radical (unpaired) electrons. The standard InChI is InChI=1S/C21H22N2O/c1-3-11-22-16(2)12-19-13-18-14-20(9-10-21(18)23-19)24-15-17-7-5-4-6-8-17/h1,4-10,13-14,16,22-23H,11-12,15H2,2H3. The van der Waals surface area contributed by atoms with Gasteiger partial charge >= 0.3 is 0 Å². The van der Waals surface area contributed by atoms with E-state index in [1.165, 1.54) is 16.6 Å². The van der Waals surface area contributed by atoms with Crippen molar-refractivity contribution in [1.29, 1.82) is 0 Å². The molecular weight excluding hydrogens is 296 g/mol. The van der Waals surface area contributed by atoms with Gasteiger partial charge in [-0.25, -0.2) is 0 Å². The van der Waals surface area contributed by atoms with Gasteiger partial charge in [0.05, 0.1) is 6.54 Å². The second kappa shape index (κ2) is 7.72. The van der Waals surface area contributed by atoms with E-state index in [1.54, 1.807) is 0 Å². The van der Waals surface area contributed by atoms with Crippen LogP contribution >= 0.6 is 0 Å². The molecule has 0 fully saturated rings. The van der Waals surface area contributed by atoms with E-state index in [1.807, 2.05) is 24.3 Å². The van der Waals surface area contributed by atoms with Gasteiger partial charge in [-0.15, -0.1) is 6.42 Å². The molecule has 0 aliphatic heterocycles. The van der Waals surface area contributed by atoms with Crippen molar-refractivity contribution in [2.45, 2.75) is 26.0 Å². The largest absolute Gasteiger partial charge is 0.489 e. The number of nitrogens with one attached hydrogen (secondary N) is 2. The van der Waals surface area contributed by atoms with Crippen LogP contribution in [0.4, 0.5) is 0 Å². The highest BCUT2D eigenvalue weighted by Gasteiger charge is 2.07. The quantitative estimate of drug-likeness (QED) is 0.648. The Morgan fingerprint density at radius 2 is 2.00 bits per heavy atom. The van der Waals surface area contributed by atoms with Crippen molar-refractivity contribution in [3.63, 3.8) is 0 Å². The van der Waals surface area contributed by atoms with Gasteiger partial charge in [0.25, 0.3) is 0 Å². The maximum absolute atomic E-state index is 5.90. The Balaban J connectivity index is 1.66. The number of terminal acetylenes is 1. The molecule has 0 aliphatic rings. The number of H-pyrrole nitrogens is 1. The van der Waals surface area contributed by atoms with E-state index < -0.39 is 0 Å². The van der Waals surface area contributed by atoms with Crippen LogP contribution in [0.2, 0.25) is 0 Å². The molecule has 1 atom stereocenters. The number of ether oxygens (including phenoxy) is 1. The highest BCUT2D eigenvalue weighted by molar-refractivity contribution is 5.81. The molecule has 3 aromatic rings. The van der Waals surface area contributed by atoms with Crippen LogP contribution in [-0.2, 0) is 13.0 Å². The van der Waals surface area contributed by atoms with E-state index >= 15 is 0 Å². The van der Waals surface area contributed by atoms with Crippen LogP contribution in [0.5, 0.6) is 5.75 Å². The molecule has 0 aliphatic carbocycles. The van der Waals surface area contributed by atoms with Gasteiger partial charge in [0.2, 0.25) is 0 Å². The summed E-state index contributed by atoms with van der Waals surface area (Å²) in [7, 11) is 0. The van der Waals surface area contributed by atoms with Gasteiger partial charge in [0.15, 0.2) is 0 Å². The first-order chi connectivity index (χ1) is 11.7. The van der Waals surface area contributed by atoms with Crippen molar-refractivity contribution in [1.82, 2.24) is 10.3 Å². The van der Waals surface area contributed by atoms with Crippen molar-refractivity contribution < 1.29 is 4.74 Å². The van der Waals surface area contributed by atoms with Crippen LogP contribution < -0.4 is 10.1 Å². The number of hydrogen-bond donors (Lipinski definition) is 2. The lowest BCUT2D eigenvalue weighted by Crippen LogP contribution is -2.28. The van der Waals surface area contributed by atoms with Gasteiger partial charge in [-0.05, 0) is 36.8 Å². The molecule has 3 nitrogen and oxygen atoms in total. The van der Waals surface area contributed by atoms with Crippen LogP contribution in [0.1, 0.15) is 18.2 Å². The Labute approximate surface area is 143 Å². The third-order valence-electron chi connectivity index (χ3n) is 3.98. The van der Waals surface area contributed by atoms with Crippen molar-refractivity contribution in [3.8, 4) is 18.1 Å². The lowest BCUT2D eigenvalue weighted by molar-refractivity contribution is 0.306. The molecule has 1 aromatic heterocycles. The summed E-state index contributed by atoms with van der Waals surface area (Å²) in [6.45, 7) is 3.31. The van der Waals surface area contributed by atoms with Crippen molar-refractivity contribution >= 4 is 10.9 Å².